The van der Waals surface area contributed by atoms with Gasteiger partial charge in [-0.15, -0.1) is 0 Å². The van der Waals surface area contributed by atoms with Gasteiger partial charge >= 0.3 is 0 Å². The number of halogens is 4. The van der Waals surface area contributed by atoms with Crippen molar-refractivity contribution in [2.75, 3.05) is 0 Å². The van der Waals surface area contributed by atoms with E-state index in [1.807, 2.05) is 0 Å². The molecule has 0 aliphatic heterocycles. The molecule has 3 aromatic heterocycles. The normalized spacial score (nSPS) is 11.9. The second-order valence-corrected chi connectivity index (χ2v) is 7.61. The molecule has 0 bridgehead atoms. The highest BCUT2D eigenvalue weighted by Gasteiger charge is 2.24. The Hall–Kier alpha value is -4.00. The number of fused-ring (bicyclic) bond motifs is 3. The van der Waals surface area contributed by atoms with Gasteiger partial charge in [-0.1, -0.05) is 0 Å². The largest absolute Gasteiger partial charge is 0.464 e. The lowest BCUT2D eigenvalue weighted by atomic mass is 9.99. The van der Waals surface area contributed by atoms with Crippen molar-refractivity contribution >= 4 is 32.9 Å². The van der Waals surface area contributed by atoms with E-state index in [4.69, 9.17) is 13.3 Å². The van der Waals surface area contributed by atoms with Crippen LogP contribution in [0.4, 0.5) is 17.6 Å². The summed E-state index contributed by atoms with van der Waals surface area (Å²) >= 11 is 0. The summed E-state index contributed by atoms with van der Waals surface area (Å²) in [5.41, 5.74) is 1.66. The summed E-state index contributed by atoms with van der Waals surface area (Å²) in [6.45, 7) is 1.75. The first kappa shape index (κ1) is 18.7. The summed E-state index contributed by atoms with van der Waals surface area (Å²) in [7, 11) is 0. The van der Waals surface area contributed by atoms with Crippen molar-refractivity contribution in [3.05, 3.63) is 83.6 Å². The molecule has 7 heteroatoms. The SMILES string of the molecule is Cc1coc2cc(-c3cc4cc(F)ccc4o3)c(F)c(-c3cc4cc(F)c(F)cc4o3)c12. The Balaban J connectivity index is 1.65. The molecule has 3 nitrogen and oxygen atoms in total. The Kier molecular flexibility index (Phi) is 3.81. The highest BCUT2D eigenvalue weighted by Crippen LogP contribution is 2.42. The highest BCUT2D eigenvalue weighted by atomic mass is 19.2. The van der Waals surface area contributed by atoms with E-state index in [9.17, 15) is 13.2 Å². The average Bonchev–Trinajstić information content (AvgIpc) is 3.45. The van der Waals surface area contributed by atoms with Crippen LogP contribution in [0.2, 0.25) is 0 Å². The third kappa shape index (κ3) is 2.67. The molecule has 0 saturated carbocycles. The van der Waals surface area contributed by atoms with E-state index < -0.39 is 23.3 Å². The summed E-state index contributed by atoms with van der Waals surface area (Å²) in [4.78, 5) is 0. The van der Waals surface area contributed by atoms with Crippen molar-refractivity contribution < 1.29 is 30.8 Å². The monoisotopic (exact) mass is 436 g/mol. The lowest BCUT2D eigenvalue weighted by Crippen LogP contribution is -1.90. The van der Waals surface area contributed by atoms with Gasteiger partial charge in [0.1, 0.15) is 39.9 Å². The molecule has 0 spiro atoms. The molecule has 0 unspecified atom stereocenters. The molecule has 0 N–H and O–H groups in total. The number of benzene rings is 3. The summed E-state index contributed by atoms with van der Waals surface area (Å²) in [6, 6.07) is 10.4. The molecule has 3 heterocycles. The Labute approximate surface area is 177 Å². The van der Waals surface area contributed by atoms with E-state index in [1.165, 1.54) is 42.7 Å². The molecule has 0 aliphatic carbocycles. The van der Waals surface area contributed by atoms with Gasteiger partial charge in [0.2, 0.25) is 0 Å². The molecule has 0 amide bonds. The molecule has 32 heavy (non-hydrogen) atoms. The predicted octanol–water partition coefficient (Wildman–Crippen LogP) is 8.12. The Morgan fingerprint density at radius 1 is 0.688 bits per heavy atom. The van der Waals surface area contributed by atoms with Crippen LogP contribution in [0.1, 0.15) is 5.56 Å². The summed E-state index contributed by atoms with van der Waals surface area (Å²) in [5.74, 6) is -2.94. The van der Waals surface area contributed by atoms with Crippen molar-refractivity contribution in [2.45, 2.75) is 6.92 Å². The van der Waals surface area contributed by atoms with Crippen LogP contribution in [0, 0.1) is 30.2 Å². The van der Waals surface area contributed by atoms with Crippen LogP contribution >= 0.6 is 0 Å². The molecule has 0 atom stereocenters. The summed E-state index contributed by atoms with van der Waals surface area (Å²) in [6.07, 6.45) is 1.48. The van der Waals surface area contributed by atoms with Gasteiger partial charge in [-0.2, -0.15) is 0 Å². The van der Waals surface area contributed by atoms with E-state index in [0.717, 1.165) is 12.1 Å². The fraction of sp³-hybridized carbons (Fsp3) is 0.0400. The Morgan fingerprint density at radius 3 is 2.25 bits per heavy atom. The van der Waals surface area contributed by atoms with E-state index in [1.54, 1.807) is 6.92 Å². The molecular weight excluding hydrogens is 424 g/mol. The van der Waals surface area contributed by atoms with Gasteiger partial charge in [0.05, 0.1) is 17.4 Å². The predicted molar refractivity (Wildman–Crippen MR) is 111 cm³/mol. The third-order valence-corrected chi connectivity index (χ3v) is 5.53. The van der Waals surface area contributed by atoms with Crippen molar-refractivity contribution in [3.63, 3.8) is 0 Å². The molecule has 6 aromatic rings. The van der Waals surface area contributed by atoms with Crippen LogP contribution in [0.3, 0.4) is 0 Å². The average molecular weight is 436 g/mol. The van der Waals surface area contributed by atoms with E-state index in [-0.39, 0.29) is 33.6 Å². The molecule has 0 aliphatic rings. The zero-order valence-electron chi connectivity index (χ0n) is 16.4. The standard InChI is InChI=1S/C25H12F4O3/c1-11-10-30-21-8-15(20-6-12-4-14(26)2-3-18(12)31-20)25(29)24(23(11)21)22-7-13-5-16(27)17(28)9-19(13)32-22/h2-10H,1H3. The lowest BCUT2D eigenvalue weighted by molar-refractivity contribution is 0.507. The van der Waals surface area contributed by atoms with Crippen LogP contribution in [0.25, 0.3) is 55.6 Å². The zero-order chi connectivity index (χ0) is 22.1. The number of rotatable bonds is 2. The number of hydrogen-bond donors (Lipinski definition) is 0. The fourth-order valence-electron chi connectivity index (χ4n) is 4.04. The maximum atomic E-state index is 15.9. The Morgan fingerprint density at radius 2 is 1.41 bits per heavy atom. The highest BCUT2D eigenvalue weighted by molar-refractivity contribution is 6.01. The molecule has 0 fully saturated rings. The molecule has 3 aromatic carbocycles. The quantitative estimate of drug-likeness (QED) is 0.257. The van der Waals surface area contributed by atoms with Crippen LogP contribution in [-0.4, -0.2) is 0 Å². The molecule has 0 saturated heterocycles. The first-order valence-electron chi connectivity index (χ1n) is 9.68. The summed E-state index contributed by atoms with van der Waals surface area (Å²) in [5, 5.41) is 1.23. The molecular formula is C25H12F4O3. The van der Waals surface area contributed by atoms with Crippen LogP contribution in [-0.2, 0) is 0 Å². The third-order valence-electron chi connectivity index (χ3n) is 5.53. The minimum Gasteiger partial charge on any atom is -0.464 e. The second-order valence-electron chi connectivity index (χ2n) is 7.61. The minimum absolute atomic E-state index is 0.0763. The number of furan rings is 3. The van der Waals surface area contributed by atoms with Gasteiger partial charge in [-0.05, 0) is 55.0 Å². The van der Waals surface area contributed by atoms with Gasteiger partial charge in [0, 0.05) is 22.2 Å². The Bertz CT molecular complexity index is 1650. The maximum Gasteiger partial charge on any atom is 0.162 e. The van der Waals surface area contributed by atoms with Gasteiger partial charge in [-0.3, -0.25) is 0 Å². The van der Waals surface area contributed by atoms with Crippen LogP contribution < -0.4 is 0 Å². The molecule has 6 rings (SSSR count). The van der Waals surface area contributed by atoms with Gasteiger partial charge in [0.15, 0.2) is 11.6 Å². The van der Waals surface area contributed by atoms with E-state index >= 15 is 4.39 Å². The van der Waals surface area contributed by atoms with Gasteiger partial charge in [-0.25, -0.2) is 17.6 Å². The van der Waals surface area contributed by atoms with Crippen molar-refractivity contribution in [2.24, 2.45) is 0 Å². The number of hydrogen-bond acceptors (Lipinski definition) is 3. The van der Waals surface area contributed by atoms with Gasteiger partial charge in [0.25, 0.3) is 0 Å². The van der Waals surface area contributed by atoms with Crippen LogP contribution in [0.5, 0.6) is 0 Å². The van der Waals surface area contributed by atoms with Crippen molar-refractivity contribution in [3.8, 4) is 22.6 Å². The number of aryl methyl sites for hydroxylation is 1. The smallest absolute Gasteiger partial charge is 0.162 e. The van der Waals surface area contributed by atoms with Crippen LogP contribution in [0.15, 0.2) is 68.0 Å². The topological polar surface area (TPSA) is 39.4 Å². The van der Waals surface area contributed by atoms with E-state index in [0.29, 0.717) is 27.5 Å². The summed E-state index contributed by atoms with van der Waals surface area (Å²) < 4.78 is 73.9. The maximum absolute atomic E-state index is 15.9. The van der Waals surface area contributed by atoms with Crippen molar-refractivity contribution in [1.82, 2.24) is 0 Å². The first-order chi connectivity index (χ1) is 15.4. The fourth-order valence-corrected chi connectivity index (χ4v) is 4.04. The van der Waals surface area contributed by atoms with Crippen molar-refractivity contribution in [1.29, 1.82) is 0 Å². The molecule has 158 valence electrons. The lowest BCUT2D eigenvalue weighted by Gasteiger charge is -2.07. The minimum atomic E-state index is -1.06. The second kappa shape index (κ2) is 6.50. The van der Waals surface area contributed by atoms with E-state index in [2.05, 4.69) is 0 Å². The molecule has 0 radical (unpaired) electrons. The zero-order valence-corrected chi connectivity index (χ0v) is 16.4. The van der Waals surface area contributed by atoms with Gasteiger partial charge < -0.3 is 13.3 Å². The first-order valence-corrected chi connectivity index (χ1v) is 9.68.